The molecule has 1 aromatic carbocycles. The SMILES string of the molecule is CS(=O)(=O)CCC(=O)NC1CCN(Cc2ccccc2)C1. The van der Waals surface area contributed by atoms with Gasteiger partial charge in [0.1, 0.15) is 9.84 Å². The average Bonchev–Trinajstić information content (AvgIpc) is 2.84. The molecule has 1 aliphatic heterocycles. The molecule has 1 N–H and O–H groups in total. The van der Waals surface area contributed by atoms with E-state index in [2.05, 4.69) is 22.3 Å². The summed E-state index contributed by atoms with van der Waals surface area (Å²) in [7, 11) is -3.08. The second kappa shape index (κ2) is 7.04. The quantitative estimate of drug-likeness (QED) is 0.844. The molecule has 5 nitrogen and oxygen atoms in total. The van der Waals surface area contributed by atoms with E-state index in [-0.39, 0.29) is 24.1 Å². The Bertz CT molecular complexity index is 572. The fourth-order valence-electron chi connectivity index (χ4n) is 2.51. The zero-order valence-corrected chi connectivity index (χ0v) is 13.1. The van der Waals surface area contributed by atoms with E-state index < -0.39 is 9.84 Å². The number of carbonyl (C=O) groups is 1. The lowest BCUT2D eigenvalue weighted by Crippen LogP contribution is -2.37. The van der Waals surface area contributed by atoms with E-state index in [0.717, 1.165) is 32.3 Å². The highest BCUT2D eigenvalue weighted by Gasteiger charge is 2.23. The third-order valence-corrected chi connectivity index (χ3v) is 4.53. The Hall–Kier alpha value is -1.40. The maximum absolute atomic E-state index is 11.7. The number of nitrogens with zero attached hydrogens (tertiary/aromatic N) is 1. The van der Waals surface area contributed by atoms with Crippen LogP contribution in [0.15, 0.2) is 30.3 Å². The maximum Gasteiger partial charge on any atom is 0.221 e. The maximum atomic E-state index is 11.7. The summed E-state index contributed by atoms with van der Waals surface area (Å²) in [5.74, 6) is -0.258. The Balaban J connectivity index is 1.74. The molecule has 1 atom stereocenters. The lowest BCUT2D eigenvalue weighted by atomic mass is 10.2. The summed E-state index contributed by atoms with van der Waals surface area (Å²) in [5, 5.41) is 2.92. The molecule has 6 heteroatoms. The van der Waals surface area contributed by atoms with Crippen LogP contribution in [-0.2, 0) is 21.2 Å². The van der Waals surface area contributed by atoms with Crippen molar-refractivity contribution >= 4 is 15.7 Å². The van der Waals surface area contributed by atoms with Crippen LogP contribution in [0, 0.1) is 0 Å². The van der Waals surface area contributed by atoms with E-state index in [4.69, 9.17) is 0 Å². The topological polar surface area (TPSA) is 66.5 Å². The van der Waals surface area contributed by atoms with Crippen LogP contribution in [-0.4, -0.2) is 50.4 Å². The van der Waals surface area contributed by atoms with Crippen LogP contribution in [0.25, 0.3) is 0 Å². The number of benzene rings is 1. The molecule has 1 amide bonds. The van der Waals surface area contributed by atoms with E-state index in [1.54, 1.807) is 0 Å². The van der Waals surface area contributed by atoms with Gasteiger partial charge in [0.2, 0.25) is 5.91 Å². The predicted octanol–water partition coefficient (Wildman–Crippen LogP) is 0.812. The lowest BCUT2D eigenvalue weighted by molar-refractivity contribution is -0.121. The number of amides is 1. The first kappa shape index (κ1) is 16.0. The molecule has 1 heterocycles. The van der Waals surface area contributed by atoms with Gasteiger partial charge in [-0.1, -0.05) is 30.3 Å². The van der Waals surface area contributed by atoms with Gasteiger partial charge in [0, 0.05) is 38.4 Å². The molecule has 21 heavy (non-hydrogen) atoms. The van der Waals surface area contributed by atoms with Crippen LogP contribution < -0.4 is 5.32 Å². The fraction of sp³-hybridized carbons (Fsp3) is 0.533. The Morgan fingerprint density at radius 2 is 2.05 bits per heavy atom. The van der Waals surface area contributed by atoms with Crippen molar-refractivity contribution in [3.8, 4) is 0 Å². The minimum Gasteiger partial charge on any atom is -0.352 e. The molecule has 2 rings (SSSR count). The molecule has 0 aromatic heterocycles. The number of hydrogen-bond donors (Lipinski definition) is 1. The van der Waals surface area contributed by atoms with Gasteiger partial charge in [-0.15, -0.1) is 0 Å². The molecular weight excluding hydrogens is 288 g/mol. The van der Waals surface area contributed by atoms with Gasteiger partial charge in [0.25, 0.3) is 0 Å². The first-order valence-corrected chi connectivity index (χ1v) is 9.22. The molecule has 1 saturated heterocycles. The highest BCUT2D eigenvalue weighted by atomic mass is 32.2. The number of sulfone groups is 1. The van der Waals surface area contributed by atoms with E-state index in [0.29, 0.717) is 0 Å². The fourth-order valence-corrected chi connectivity index (χ4v) is 3.07. The largest absolute Gasteiger partial charge is 0.352 e. The van der Waals surface area contributed by atoms with Crippen molar-refractivity contribution in [2.24, 2.45) is 0 Å². The Labute approximate surface area is 126 Å². The molecule has 116 valence electrons. The van der Waals surface area contributed by atoms with E-state index in [9.17, 15) is 13.2 Å². The second-order valence-electron chi connectivity index (χ2n) is 5.65. The highest BCUT2D eigenvalue weighted by molar-refractivity contribution is 7.90. The predicted molar refractivity (Wildman–Crippen MR) is 82.6 cm³/mol. The Morgan fingerprint density at radius 1 is 1.33 bits per heavy atom. The molecule has 1 aromatic rings. The zero-order valence-electron chi connectivity index (χ0n) is 12.3. The molecule has 1 aliphatic rings. The Morgan fingerprint density at radius 3 is 2.71 bits per heavy atom. The standard InChI is InChI=1S/C15H22N2O3S/c1-21(19,20)10-8-15(18)16-14-7-9-17(12-14)11-13-5-3-2-4-6-13/h2-6,14H,7-12H2,1H3,(H,16,18). The summed E-state index contributed by atoms with van der Waals surface area (Å²) in [6, 6.07) is 10.4. The number of carbonyl (C=O) groups excluding carboxylic acids is 1. The van der Waals surface area contributed by atoms with Crippen molar-refractivity contribution in [1.82, 2.24) is 10.2 Å². The zero-order chi connectivity index (χ0) is 15.3. The third kappa shape index (κ3) is 5.85. The van der Waals surface area contributed by atoms with Crippen LogP contribution in [0.1, 0.15) is 18.4 Å². The normalized spacial score (nSPS) is 19.6. The molecule has 0 bridgehead atoms. The van der Waals surface area contributed by atoms with Crippen molar-refractivity contribution in [2.45, 2.75) is 25.4 Å². The highest BCUT2D eigenvalue weighted by Crippen LogP contribution is 2.13. The minimum absolute atomic E-state index is 0.0496. The first-order chi connectivity index (χ1) is 9.92. The molecule has 0 radical (unpaired) electrons. The van der Waals surface area contributed by atoms with E-state index in [1.807, 2.05) is 18.2 Å². The monoisotopic (exact) mass is 310 g/mol. The minimum atomic E-state index is -3.08. The smallest absolute Gasteiger partial charge is 0.221 e. The van der Waals surface area contributed by atoms with Crippen LogP contribution >= 0.6 is 0 Å². The van der Waals surface area contributed by atoms with Gasteiger partial charge in [0.15, 0.2) is 0 Å². The molecule has 0 saturated carbocycles. The Kier molecular flexibility index (Phi) is 5.36. The summed E-state index contributed by atoms with van der Waals surface area (Å²) in [5.41, 5.74) is 1.27. The van der Waals surface area contributed by atoms with Crippen LogP contribution in [0.4, 0.5) is 0 Å². The summed E-state index contributed by atoms with van der Waals surface area (Å²) in [4.78, 5) is 14.0. The summed E-state index contributed by atoms with van der Waals surface area (Å²) in [6.07, 6.45) is 2.11. The van der Waals surface area contributed by atoms with Gasteiger partial charge in [-0.2, -0.15) is 0 Å². The van der Waals surface area contributed by atoms with Gasteiger partial charge in [-0.25, -0.2) is 8.42 Å². The van der Waals surface area contributed by atoms with Crippen molar-refractivity contribution in [1.29, 1.82) is 0 Å². The molecule has 1 fully saturated rings. The number of nitrogens with one attached hydrogen (secondary N) is 1. The van der Waals surface area contributed by atoms with Gasteiger partial charge in [-0.3, -0.25) is 9.69 Å². The van der Waals surface area contributed by atoms with E-state index >= 15 is 0 Å². The van der Waals surface area contributed by atoms with Crippen molar-refractivity contribution in [3.05, 3.63) is 35.9 Å². The molecule has 0 aliphatic carbocycles. The summed E-state index contributed by atoms with van der Waals surface area (Å²) < 4.78 is 22.1. The van der Waals surface area contributed by atoms with Crippen molar-refractivity contribution in [2.75, 3.05) is 25.1 Å². The molecule has 1 unspecified atom stereocenters. The number of hydrogen-bond acceptors (Lipinski definition) is 4. The van der Waals surface area contributed by atoms with Crippen LogP contribution in [0.2, 0.25) is 0 Å². The van der Waals surface area contributed by atoms with Crippen LogP contribution in [0.5, 0.6) is 0 Å². The van der Waals surface area contributed by atoms with Crippen LogP contribution in [0.3, 0.4) is 0 Å². The number of rotatable bonds is 6. The second-order valence-corrected chi connectivity index (χ2v) is 7.91. The van der Waals surface area contributed by atoms with Gasteiger partial charge in [-0.05, 0) is 12.0 Å². The van der Waals surface area contributed by atoms with E-state index in [1.165, 1.54) is 5.56 Å². The third-order valence-electron chi connectivity index (χ3n) is 3.59. The van der Waals surface area contributed by atoms with Crippen molar-refractivity contribution < 1.29 is 13.2 Å². The lowest BCUT2D eigenvalue weighted by Gasteiger charge is -2.16. The first-order valence-electron chi connectivity index (χ1n) is 7.16. The average molecular weight is 310 g/mol. The summed E-state index contributed by atoms with van der Waals surface area (Å²) in [6.45, 7) is 2.65. The molecular formula is C15H22N2O3S. The van der Waals surface area contributed by atoms with Crippen molar-refractivity contribution in [3.63, 3.8) is 0 Å². The van der Waals surface area contributed by atoms with Gasteiger partial charge < -0.3 is 5.32 Å². The number of likely N-dealkylation sites (tertiary alicyclic amines) is 1. The van der Waals surface area contributed by atoms with Gasteiger partial charge >= 0.3 is 0 Å². The summed E-state index contributed by atoms with van der Waals surface area (Å²) >= 11 is 0. The molecule has 0 spiro atoms. The van der Waals surface area contributed by atoms with Gasteiger partial charge in [0.05, 0.1) is 5.75 Å².